The van der Waals surface area contributed by atoms with Gasteiger partial charge < -0.3 is 15.4 Å². The molecule has 0 unspecified atom stereocenters. The maximum absolute atomic E-state index is 12.1. The monoisotopic (exact) mass is 310 g/mol. The zero-order valence-electron chi connectivity index (χ0n) is 12.6. The molecule has 1 atom stereocenters. The van der Waals surface area contributed by atoms with Crippen LogP contribution in [0.15, 0.2) is 54.6 Å². The van der Waals surface area contributed by atoms with Gasteiger partial charge in [0.15, 0.2) is 0 Å². The molecule has 0 radical (unpaired) electrons. The standard InChI is InChI=1S/C18H18N2O3/c21-17-16(9-10-19-17)20-15-8-4-7-14(11-15)18(22)23-12-13-5-2-1-3-6-13/h1-8,11,16,20H,9-10,12H2,(H,19,21)/t16-/m0/s1. The highest BCUT2D eigenvalue weighted by Gasteiger charge is 2.23. The summed E-state index contributed by atoms with van der Waals surface area (Å²) >= 11 is 0. The molecule has 0 saturated carbocycles. The summed E-state index contributed by atoms with van der Waals surface area (Å²) in [5.41, 5.74) is 2.14. The second kappa shape index (κ2) is 6.96. The number of carbonyl (C=O) groups is 2. The number of anilines is 1. The first-order valence-corrected chi connectivity index (χ1v) is 7.58. The Labute approximate surface area is 134 Å². The first-order valence-electron chi connectivity index (χ1n) is 7.58. The Kier molecular flexibility index (Phi) is 4.57. The zero-order valence-corrected chi connectivity index (χ0v) is 12.6. The van der Waals surface area contributed by atoms with E-state index in [2.05, 4.69) is 10.6 Å². The Morgan fingerprint density at radius 2 is 2.00 bits per heavy atom. The van der Waals surface area contributed by atoms with Crippen molar-refractivity contribution < 1.29 is 14.3 Å². The van der Waals surface area contributed by atoms with E-state index in [0.717, 1.165) is 17.7 Å². The number of ether oxygens (including phenoxy) is 1. The normalized spacial score (nSPS) is 16.7. The molecule has 0 aliphatic carbocycles. The third-order valence-electron chi connectivity index (χ3n) is 3.70. The van der Waals surface area contributed by atoms with Gasteiger partial charge in [-0.05, 0) is 30.2 Å². The third-order valence-corrected chi connectivity index (χ3v) is 3.70. The Bertz CT molecular complexity index is 700. The van der Waals surface area contributed by atoms with Crippen LogP contribution >= 0.6 is 0 Å². The minimum absolute atomic E-state index is 0.0120. The highest BCUT2D eigenvalue weighted by Crippen LogP contribution is 2.16. The number of hydrogen-bond donors (Lipinski definition) is 2. The van der Waals surface area contributed by atoms with Gasteiger partial charge in [0.2, 0.25) is 5.91 Å². The second-order valence-corrected chi connectivity index (χ2v) is 5.42. The van der Waals surface area contributed by atoms with E-state index in [-0.39, 0.29) is 24.5 Å². The molecular formula is C18H18N2O3. The summed E-state index contributed by atoms with van der Waals surface area (Å²) in [5.74, 6) is -0.393. The molecule has 0 spiro atoms. The Hall–Kier alpha value is -2.82. The molecule has 0 bridgehead atoms. The van der Waals surface area contributed by atoms with Gasteiger partial charge in [-0.2, -0.15) is 0 Å². The largest absolute Gasteiger partial charge is 0.457 e. The van der Waals surface area contributed by atoms with Crippen LogP contribution < -0.4 is 10.6 Å². The number of benzene rings is 2. The smallest absolute Gasteiger partial charge is 0.338 e. The number of amides is 1. The molecule has 5 heteroatoms. The Morgan fingerprint density at radius 3 is 2.74 bits per heavy atom. The Morgan fingerprint density at radius 1 is 1.17 bits per heavy atom. The molecule has 118 valence electrons. The molecule has 2 N–H and O–H groups in total. The van der Waals surface area contributed by atoms with Crippen LogP contribution in [0.5, 0.6) is 0 Å². The maximum Gasteiger partial charge on any atom is 0.338 e. The Balaban J connectivity index is 1.62. The molecule has 5 nitrogen and oxygen atoms in total. The van der Waals surface area contributed by atoms with Gasteiger partial charge in [0.25, 0.3) is 0 Å². The van der Waals surface area contributed by atoms with Gasteiger partial charge in [0.1, 0.15) is 12.6 Å². The summed E-state index contributed by atoms with van der Waals surface area (Å²) in [6.45, 7) is 0.914. The lowest BCUT2D eigenvalue weighted by molar-refractivity contribution is -0.119. The SMILES string of the molecule is O=C(OCc1ccccc1)c1cccc(N[C@H]2CCNC2=O)c1. The summed E-state index contributed by atoms with van der Waals surface area (Å²) in [7, 11) is 0. The van der Waals surface area contributed by atoms with E-state index >= 15 is 0 Å². The molecule has 1 aliphatic heterocycles. The summed E-state index contributed by atoms with van der Waals surface area (Å²) in [4.78, 5) is 23.7. The van der Waals surface area contributed by atoms with Gasteiger partial charge >= 0.3 is 5.97 Å². The molecule has 0 aromatic heterocycles. The first kappa shape index (κ1) is 15.1. The van der Waals surface area contributed by atoms with Gasteiger partial charge in [0.05, 0.1) is 5.56 Å². The molecular weight excluding hydrogens is 292 g/mol. The summed E-state index contributed by atoms with van der Waals surface area (Å²) in [6, 6.07) is 16.3. The van der Waals surface area contributed by atoms with E-state index in [1.165, 1.54) is 0 Å². The van der Waals surface area contributed by atoms with Crippen LogP contribution in [0.4, 0.5) is 5.69 Å². The van der Waals surface area contributed by atoms with Crippen LogP contribution in [0.3, 0.4) is 0 Å². The number of rotatable bonds is 5. The first-order chi connectivity index (χ1) is 11.2. The van der Waals surface area contributed by atoms with Gasteiger partial charge in [-0.25, -0.2) is 4.79 Å². The molecule has 1 amide bonds. The van der Waals surface area contributed by atoms with E-state index < -0.39 is 0 Å². The molecule has 1 fully saturated rings. The van der Waals surface area contributed by atoms with Gasteiger partial charge in [-0.1, -0.05) is 36.4 Å². The maximum atomic E-state index is 12.1. The molecule has 3 rings (SSSR count). The summed E-state index contributed by atoms with van der Waals surface area (Å²) in [5, 5.41) is 5.91. The van der Waals surface area contributed by atoms with E-state index in [1.54, 1.807) is 18.2 Å². The predicted molar refractivity (Wildman–Crippen MR) is 87.0 cm³/mol. The molecule has 23 heavy (non-hydrogen) atoms. The van der Waals surface area contributed by atoms with Crippen molar-refractivity contribution in [2.75, 3.05) is 11.9 Å². The third kappa shape index (κ3) is 3.88. The van der Waals surface area contributed by atoms with E-state index in [9.17, 15) is 9.59 Å². The number of esters is 1. The van der Waals surface area contributed by atoms with Crippen molar-refractivity contribution in [3.63, 3.8) is 0 Å². The van der Waals surface area contributed by atoms with Crippen LogP contribution in [0.2, 0.25) is 0 Å². The van der Waals surface area contributed by atoms with Crippen molar-refractivity contribution in [3.8, 4) is 0 Å². The van der Waals surface area contributed by atoms with Crippen LogP contribution in [0, 0.1) is 0 Å². The van der Waals surface area contributed by atoms with Crippen LogP contribution in [-0.4, -0.2) is 24.5 Å². The van der Waals surface area contributed by atoms with Gasteiger partial charge in [0, 0.05) is 12.2 Å². The fourth-order valence-electron chi connectivity index (χ4n) is 2.48. The summed E-state index contributed by atoms with van der Waals surface area (Å²) < 4.78 is 5.31. The number of hydrogen-bond acceptors (Lipinski definition) is 4. The van der Waals surface area contributed by atoms with Crippen molar-refractivity contribution in [1.29, 1.82) is 0 Å². The zero-order chi connectivity index (χ0) is 16.1. The van der Waals surface area contributed by atoms with Gasteiger partial charge in [-0.3, -0.25) is 4.79 Å². The molecule has 1 aliphatic rings. The van der Waals surface area contributed by atoms with E-state index in [0.29, 0.717) is 12.1 Å². The predicted octanol–water partition coefficient (Wildman–Crippen LogP) is 2.34. The van der Waals surface area contributed by atoms with Crippen molar-refractivity contribution >= 4 is 17.6 Å². The molecule has 2 aromatic rings. The van der Waals surface area contributed by atoms with Crippen LogP contribution in [-0.2, 0) is 16.1 Å². The van der Waals surface area contributed by atoms with E-state index in [4.69, 9.17) is 4.74 Å². The number of carbonyl (C=O) groups excluding carboxylic acids is 2. The average Bonchev–Trinajstić information content (AvgIpc) is 2.99. The van der Waals surface area contributed by atoms with E-state index in [1.807, 2.05) is 36.4 Å². The highest BCUT2D eigenvalue weighted by atomic mass is 16.5. The number of nitrogens with one attached hydrogen (secondary N) is 2. The second-order valence-electron chi connectivity index (χ2n) is 5.42. The highest BCUT2D eigenvalue weighted by molar-refractivity contribution is 5.91. The lowest BCUT2D eigenvalue weighted by Gasteiger charge is -2.12. The fraction of sp³-hybridized carbons (Fsp3) is 0.222. The van der Waals surface area contributed by atoms with Crippen molar-refractivity contribution in [2.45, 2.75) is 19.1 Å². The fourth-order valence-corrected chi connectivity index (χ4v) is 2.48. The quantitative estimate of drug-likeness (QED) is 0.832. The van der Waals surface area contributed by atoms with Crippen LogP contribution in [0.25, 0.3) is 0 Å². The van der Waals surface area contributed by atoms with Crippen LogP contribution in [0.1, 0.15) is 22.3 Å². The molecule has 2 aromatic carbocycles. The minimum Gasteiger partial charge on any atom is -0.457 e. The topological polar surface area (TPSA) is 67.4 Å². The lowest BCUT2D eigenvalue weighted by Crippen LogP contribution is -2.29. The minimum atomic E-state index is -0.381. The average molecular weight is 310 g/mol. The van der Waals surface area contributed by atoms with Crippen molar-refractivity contribution in [1.82, 2.24) is 5.32 Å². The van der Waals surface area contributed by atoms with Crippen molar-refractivity contribution in [2.24, 2.45) is 0 Å². The van der Waals surface area contributed by atoms with Crippen molar-refractivity contribution in [3.05, 3.63) is 65.7 Å². The van der Waals surface area contributed by atoms with Gasteiger partial charge in [-0.15, -0.1) is 0 Å². The molecule has 1 saturated heterocycles. The lowest BCUT2D eigenvalue weighted by atomic mass is 10.1. The molecule has 1 heterocycles. The summed E-state index contributed by atoms with van der Waals surface area (Å²) in [6.07, 6.45) is 0.738.